The molecule has 3 aliphatic rings. The molecule has 0 saturated heterocycles. The molecular formula is C26H34N6O3. The third-order valence-electron chi connectivity index (χ3n) is 8.19. The maximum Gasteiger partial charge on any atom is 0.335 e. The van der Waals surface area contributed by atoms with Crippen LogP contribution in [-0.4, -0.2) is 63.6 Å². The summed E-state index contributed by atoms with van der Waals surface area (Å²) in [4.78, 5) is 25.9. The first-order chi connectivity index (χ1) is 16.9. The van der Waals surface area contributed by atoms with Gasteiger partial charge in [-0.05, 0) is 80.0 Å². The molecule has 0 spiro atoms. The van der Waals surface area contributed by atoms with E-state index in [1.165, 1.54) is 17.4 Å². The lowest BCUT2D eigenvalue weighted by molar-refractivity contribution is -0.136. The number of likely N-dealkylation sites (N-methyl/N-ethyl adjacent to an activating group) is 1. The number of nitrogens with one attached hydrogen (secondary N) is 1. The standard InChI is InChI=1S/C26H34N6O3/c1-17-23(15-35-25(17)34)31(3)13-12-26(16-33)10-8-21(9-11-26)27-18(2)19-4-6-22-20(14-19)5-7-24-28-29-30-32(22)24/h4,6,14,16,18,21,27H,5,7-13,15H2,1-3H3/t18-,21-,26+/m1/s1. The number of fused-ring (bicyclic) bond motifs is 3. The number of aryl methyl sites for hydroxylation is 2. The van der Waals surface area contributed by atoms with Crippen molar-refractivity contribution in [3.63, 3.8) is 0 Å². The van der Waals surface area contributed by atoms with Gasteiger partial charge in [0.15, 0.2) is 5.82 Å². The van der Waals surface area contributed by atoms with E-state index in [1.807, 2.05) is 11.7 Å². The summed E-state index contributed by atoms with van der Waals surface area (Å²) in [6.45, 7) is 5.10. The molecule has 0 unspecified atom stereocenters. The second-order valence-electron chi connectivity index (χ2n) is 10.4. The highest BCUT2D eigenvalue weighted by atomic mass is 16.5. The van der Waals surface area contributed by atoms with Crippen LogP contribution < -0.4 is 5.32 Å². The molecule has 0 bridgehead atoms. The Bertz CT molecular complexity index is 1150. The minimum absolute atomic E-state index is 0.227. The molecule has 1 saturated carbocycles. The van der Waals surface area contributed by atoms with E-state index < -0.39 is 0 Å². The summed E-state index contributed by atoms with van der Waals surface area (Å²) in [5, 5.41) is 15.8. The highest BCUT2D eigenvalue weighted by Crippen LogP contribution is 2.39. The molecule has 1 atom stereocenters. The van der Waals surface area contributed by atoms with Crippen LogP contribution in [0.3, 0.4) is 0 Å². The maximum absolute atomic E-state index is 12.1. The van der Waals surface area contributed by atoms with Crippen molar-refractivity contribution in [2.45, 2.75) is 70.9 Å². The zero-order valence-electron chi connectivity index (χ0n) is 20.8. The van der Waals surface area contributed by atoms with Gasteiger partial charge in [-0.25, -0.2) is 4.79 Å². The van der Waals surface area contributed by atoms with Crippen LogP contribution in [0.2, 0.25) is 0 Å². The molecule has 186 valence electrons. The third kappa shape index (κ3) is 4.61. The van der Waals surface area contributed by atoms with E-state index in [1.54, 1.807) is 6.92 Å². The van der Waals surface area contributed by atoms with E-state index in [2.05, 4.69) is 50.9 Å². The molecule has 1 aliphatic carbocycles. The van der Waals surface area contributed by atoms with Gasteiger partial charge in [-0.15, -0.1) is 5.10 Å². The Balaban J connectivity index is 1.16. The highest BCUT2D eigenvalue weighted by molar-refractivity contribution is 5.90. The number of aromatic nitrogens is 4. The van der Waals surface area contributed by atoms with Gasteiger partial charge in [-0.3, -0.25) is 0 Å². The fourth-order valence-electron chi connectivity index (χ4n) is 5.70. The van der Waals surface area contributed by atoms with E-state index >= 15 is 0 Å². The van der Waals surface area contributed by atoms with Crippen molar-refractivity contribution in [3.8, 4) is 5.69 Å². The van der Waals surface area contributed by atoms with E-state index in [4.69, 9.17) is 4.74 Å². The number of benzene rings is 1. The molecule has 1 aromatic heterocycles. The number of tetrazole rings is 1. The summed E-state index contributed by atoms with van der Waals surface area (Å²) in [6.07, 6.45) is 7.51. The average molecular weight is 479 g/mol. The van der Waals surface area contributed by atoms with E-state index in [-0.39, 0.29) is 17.4 Å². The summed E-state index contributed by atoms with van der Waals surface area (Å²) in [7, 11) is 1.98. The Morgan fingerprint density at radius 3 is 2.83 bits per heavy atom. The zero-order chi connectivity index (χ0) is 24.6. The van der Waals surface area contributed by atoms with E-state index in [0.717, 1.165) is 68.7 Å². The van der Waals surface area contributed by atoms with E-state index in [9.17, 15) is 9.59 Å². The van der Waals surface area contributed by atoms with Gasteiger partial charge >= 0.3 is 5.97 Å². The van der Waals surface area contributed by atoms with Crippen LogP contribution in [0.25, 0.3) is 5.69 Å². The number of carbonyl (C=O) groups is 2. The van der Waals surface area contributed by atoms with Crippen molar-refractivity contribution in [1.29, 1.82) is 0 Å². The van der Waals surface area contributed by atoms with Crippen molar-refractivity contribution in [1.82, 2.24) is 30.4 Å². The summed E-state index contributed by atoms with van der Waals surface area (Å²) < 4.78 is 6.97. The lowest BCUT2D eigenvalue weighted by Crippen LogP contribution is -2.40. The number of esters is 1. The number of ether oxygens (including phenoxy) is 1. The van der Waals surface area contributed by atoms with Crippen LogP contribution >= 0.6 is 0 Å². The predicted octanol–water partition coefficient (Wildman–Crippen LogP) is 2.69. The van der Waals surface area contributed by atoms with Crippen LogP contribution in [0.4, 0.5) is 0 Å². The number of cyclic esters (lactones) is 1. The quantitative estimate of drug-likeness (QED) is 0.456. The monoisotopic (exact) mass is 478 g/mol. The number of carbonyl (C=O) groups excluding carboxylic acids is 2. The molecule has 0 amide bonds. The van der Waals surface area contributed by atoms with Crippen LogP contribution in [-0.2, 0) is 27.2 Å². The van der Waals surface area contributed by atoms with Crippen LogP contribution in [0.1, 0.15) is 68.9 Å². The lowest BCUT2D eigenvalue weighted by atomic mass is 9.71. The minimum Gasteiger partial charge on any atom is -0.456 e. The molecule has 2 aliphatic heterocycles. The number of hydrogen-bond acceptors (Lipinski definition) is 8. The van der Waals surface area contributed by atoms with Gasteiger partial charge in [0.2, 0.25) is 0 Å². The van der Waals surface area contributed by atoms with Crippen LogP contribution in [0, 0.1) is 5.41 Å². The van der Waals surface area contributed by atoms with Gasteiger partial charge in [-0.1, -0.05) is 12.1 Å². The fourth-order valence-corrected chi connectivity index (χ4v) is 5.70. The molecule has 0 radical (unpaired) electrons. The van der Waals surface area contributed by atoms with Crippen molar-refractivity contribution >= 4 is 12.3 Å². The van der Waals surface area contributed by atoms with Gasteiger partial charge in [0.1, 0.15) is 12.9 Å². The molecule has 9 nitrogen and oxygen atoms in total. The molecule has 5 rings (SSSR count). The smallest absolute Gasteiger partial charge is 0.335 e. The topological polar surface area (TPSA) is 102 Å². The third-order valence-corrected chi connectivity index (χ3v) is 8.19. The minimum atomic E-state index is -0.289. The van der Waals surface area contributed by atoms with Crippen molar-refractivity contribution in [2.75, 3.05) is 20.2 Å². The number of rotatable bonds is 8. The second-order valence-corrected chi connectivity index (χ2v) is 10.4. The summed E-state index contributed by atoms with van der Waals surface area (Å²) in [5.41, 5.74) is 4.94. The normalized spacial score (nSPS) is 24.5. The Hall–Kier alpha value is -3.07. The molecule has 1 N–H and O–H groups in total. The van der Waals surface area contributed by atoms with Gasteiger partial charge < -0.3 is 19.7 Å². The molecule has 35 heavy (non-hydrogen) atoms. The molecule has 1 fully saturated rings. The first-order valence-corrected chi connectivity index (χ1v) is 12.6. The summed E-state index contributed by atoms with van der Waals surface area (Å²) >= 11 is 0. The van der Waals surface area contributed by atoms with Gasteiger partial charge in [0, 0.05) is 37.5 Å². The van der Waals surface area contributed by atoms with Gasteiger partial charge in [0.05, 0.1) is 17.0 Å². The molecule has 2 aromatic rings. The first-order valence-electron chi connectivity index (χ1n) is 12.6. The van der Waals surface area contributed by atoms with Gasteiger partial charge in [0.25, 0.3) is 0 Å². The maximum atomic E-state index is 12.1. The second kappa shape index (κ2) is 9.53. The Morgan fingerprint density at radius 2 is 2.11 bits per heavy atom. The average Bonchev–Trinajstić information content (AvgIpc) is 3.50. The van der Waals surface area contributed by atoms with Gasteiger partial charge in [-0.2, -0.15) is 4.68 Å². The molecule has 1 aromatic carbocycles. The summed E-state index contributed by atoms with van der Waals surface area (Å²) in [6, 6.07) is 7.18. The lowest BCUT2D eigenvalue weighted by Gasteiger charge is -2.38. The largest absolute Gasteiger partial charge is 0.456 e. The van der Waals surface area contributed by atoms with Crippen molar-refractivity contribution in [3.05, 3.63) is 46.4 Å². The Labute approximate surface area is 205 Å². The summed E-state index contributed by atoms with van der Waals surface area (Å²) in [5.74, 6) is 0.678. The zero-order valence-corrected chi connectivity index (χ0v) is 20.8. The molecular weight excluding hydrogens is 444 g/mol. The number of aldehydes is 1. The van der Waals surface area contributed by atoms with Crippen molar-refractivity contribution < 1.29 is 14.3 Å². The number of nitrogens with zero attached hydrogens (tertiary/aromatic N) is 5. The SMILES string of the molecule is CC1=C(N(C)CC[C@]2(C=O)CC[C@@H](N[C@H](C)c3ccc4c(c3)CCc3nnnn3-4)CC2)COC1=O. The predicted molar refractivity (Wildman–Crippen MR) is 130 cm³/mol. The Morgan fingerprint density at radius 1 is 1.31 bits per heavy atom. The number of hydrogen-bond donors (Lipinski definition) is 1. The Kier molecular flexibility index (Phi) is 6.44. The first kappa shape index (κ1) is 23.7. The molecule has 9 heteroatoms. The van der Waals surface area contributed by atoms with Crippen LogP contribution in [0.5, 0.6) is 0 Å². The fraction of sp³-hybridized carbons (Fsp3) is 0.577. The van der Waals surface area contributed by atoms with Crippen molar-refractivity contribution in [2.24, 2.45) is 5.41 Å². The van der Waals surface area contributed by atoms with E-state index in [0.29, 0.717) is 18.2 Å². The highest BCUT2D eigenvalue weighted by Gasteiger charge is 2.36. The molecule has 3 heterocycles. The van der Waals surface area contributed by atoms with Crippen LogP contribution in [0.15, 0.2) is 29.5 Å².